The number of nitrogens with zero attached hydrogens (tertiary/aromatic N) is 1. The lowest BCUT2D eigenvalue weighted by atomic mass is 9.98. The molecule has 0 saturated carbocycles. The monoisotopic (exact) mass is 280 g/mol. The molecule has 1 N–H and O–H groups in total. The molecule has 0 bridgehead atoms. The zero-order chi connectivity index (χ0) is 14.5. The lowest BCUT2D eigenvalue weighted by Gasteiger charge is -2.27. The van der Waals surface area contributed by atoms with Gasteiger partial charge in [0.2, 0.25) is 10.0 Å². The SMILES string of the molecule is CCC(C)(CC)NS(=O)(=O)c1ccc(CC#N)cc1. The Morgan fingerprint density at radius 3 is 2.16 bits per heavy atom. The van der Waals surface area contributed by atoms with Gasteiger partial charge in [0.05, 0.1) is 17.4 Å². The third-order valence-corrected chi connectivity index (χ3v) is 5.11. The minimum absolute atomic E-state index is 0.238. The minimum atomic E-state index is -3.51. The number of sulfonamides is 1. The number of nitriles is 1. The Labute approximate surface area is 115 Å². The Balaban J connectivity index is 2.98. The Kier molecular flexibility index (Phi) is 5.10. The van der Waals surface area contributed by atoms with Gasteiger partial charge in [-0.15, -0.1) is 0 Å². The van der Waals surface area contributed by atoms with Gasteiger partial charge < -0.3 is 0 Å². The summed E-state index contributed by atoms with van der Waals surface area (Å²) in [7, 11) is -3.51. The topological polar surface area (TPSA) is 70.0 Å². The second-order valence-electron chi connectivity index (χ2n) is 4.85. The van der Waals surface area contributed by atoms with Crippen molar-refractivity contribution in [3.8, 4) is 6.07 Å². The fourth-order valence-corrected chi connectivity index (χ4v) is 3.21. The second kappa shape index (κ2) is 6.18. The number of hydrogen-bond donors (Lipinski definition) is 1. The van der Waals surface area contributed by atoms with E-state index < -0.39 is 15.6 Å². The van der Waals surface area contributed by atoms with E-state index in [0.717, 1.165) is 18.4 Å². The van der Waals surface area contributed by atoms with Crippen molar-refractivity contribution in [3.63, 3.8) is 0 Å². The van der Waals surface area contributed by atoms with Crippen LogP contribution in [0, 0.1) is 11.3 Å². The fraction of sp³-hybridized carbons (Fsp3) is 0.500. The highest BCUT2D eigenvalue weighted by molar-refractivity contribution is 7.89. The van der Waals surface area contributed by atoms with Gasteiger partial charge in [0.15, 0.2) is 0 Å². The van der Waals surface area contributed by atoms with Crippen molar-refractivity contribution in [2.24, 2.45) is 0 Å². The first kappa shape index (κ1) is 15.7. The van der Waals surface area contributed by atoms with E-state index in [9.17, 15) is 8.42 Å². The zero-order valence-electron chi connectivity index (χ0n) is 11.6. The normalized spacial score (nSPS) is 12.1. The number of hydrogen-bond acceptors (Lipinski definition) is 3. The molecule has 0 saturated heterocycles. The maximum Gasteiger partial charge on any atom is 0.241 e. The summed E-state index contributed by atoms with van der Waals surface area (Å²) in [6.45, 7) is 5.82. The molecule has 0 amide bonds. The van der Waals surface area contributed by atoms with Gasteiger partial charge in [-0.2, -0.15) is 5.26 Å². The zero-order valence-corrected chi connectivity index (χ0v) is 12.4. The molecule has 104 valence electrons. The van der Waals surface area contributed by atoms with Crippen molar-refractivity contribution in [2.75, 3.05) is 0 Å². The highest BCUT2D eigenvalue weighted by Gasteiger charge is 2.27. The van der Waals surface area contributed by atoms with Crippen molar-refractivity contribution in [1.29, 1.82) is 5.26 Å². The molecule has 0 atom stereocenters. The molecule has 0 aliphatic heterocycles. The molecule has 0 radical (unpaired) electrons. The summed E-state index contributed by atoms with van der Waals surface area (Å²) >= 11 is 0. The predicted molar refractivity (Wildman–Crippen MR) is 75.1 cm³/mol. The van der Waals surface area contributed by atoms with Crippen LogP contribution in [0.25, 0.3) is 0 Å². The molecule has 0 fully saturated rings. The molecule has 19 heavy (non-hydrogen) atoms. The van der Waals surface area contributed by atoms with E-state index in [0.29, 0.717) is 0 Å². The maximum atomic E-state index is 12.3. The van der Waals surface area contributed by atoms with Crippen molar-refractivity contribution in [1.82, 2.24) is 4.72 Å². The third kappa shape index (κ3) is 4.05. The number of benzene rings is 1. The van der Waals surface area contributed by atoms with Crippen molar-refractivity contribution in [2.45, 2.75) is 50.5 Å². The Hall–Kier alpha value is -1.38. The molecular weight excluding hydrogens is 260 g/mol. The summed E-state index contributed by atoms with van der Waals surface area (Å²) in [5, 5.41) is 8.58. The summed E-state index contributed by atoms with van der Waals surface area (Å²) in [5.74, 6) is 0. The maximum absolute atomic E-state index is 12.3. The summed E-state index contributed by atoms with van der Waals surface area (Å²) in [6.07, 6.45) is 1.75. The molecule has 0 heterocycles. The van der Waals surface area contributed by atoms with Crippen LogP contribution in [0.2, 0.25) is 0 Å². The minimum Gasteiger partial charge on any atom is -0.207 e. The van der Waals surface area contributed by atoms with Gasteiger partial charge in [-0.05, 0) is 37.5 Å². The average molecular weight is 280 g/mol. The van der Waals surface area contributed by atoms with Crippen LogP contribution in [0.3, 0.4) is 0 Å². The van der Waals surface area contributed by atoms with Gasteiger partial charge in [-0.1, -0.05) is 26.0 Å². The van der Waals surface area contributed by atoms with Crippen LogP contribution < -0.4 is 4.72 Å². The Morgan fingerprint density at radius 2 is 1.74 bits per heavy atom. The lowest BCUT2D eigenvalue weighted by Crippen LogP contribution is -2.44. The first-order chi connectivity index (χ1) is 8.87. The van der Waals surface area contributed by atoms with Crippen LogP contribution in [0.15, 0.2) is 29.2 Å². The van der Waals surface area contributed by atoms with Crippen LogP contribution in [0.4, 0.5) is 0 Å². The third-order valence-electron chi connectivity index (χ3n) is 3.46. The number of rotatable bonds is 6. The van der Waals surface area contributed by atoms with E-state index in [1.807, 2.05) is 26.8 Å². The molecule has 0 aliphatic rings. The van der Waals surface area contributed by atoms with E-state index in [1.165, 1.54) is 0 Å². The van der Waals surface area contributed by atoms with Gasteiger partial charge in [0.1, 0.15) is 0 Å². The fourth-order valence-electron chi connectivity index (χ4n) is 1.66. The summed E-state index contributed by atoms with van der Waals surface area (Å²) in [6, 6.07) is 8.47. The van der Waals surface area contributed by atoms with E-state index in [-0.39, 0.29) is 11.3 Å². The molecule has 0 aliphatic carbocycles. The first-order valence-electron chi connectivity index (χ1n) is 6.36. The van der Waals surface area contributed by atoms with E-state index >= 15 is 0 Å². The molecule has 4 nitrogen and oxygen atoms in total. The molecule has 5 heteroatoms. The van der Waals surface area contributed by atoms with Gasteiger partial charge in [0, 0.05) is 5.54 Å². The van der Waals surface area contributed by atoms with Crippen LogP contribution >= 0.6 is 0 Å². The summed E-state index contributed by atoms with van der Waals surface area (Å²) in [4.78, 5) is 0.238. The van der Waals surface area contributed by atoms with Gasteiger partial charge >= 0.3 is 0 Å². The van der Waals surface area contributed by atoms with E-state index in [1.54, 1.807) is 24.3 Å². The molecule has 1 aromatic rings. The van der Waals surface area contributed by atoms with Gasteiger partial charge in [-0.3, -0.25) is 0 Å². The van der Waals surface area contributed by atoms with Crippen LogP contribution in [-0.2, 0) is 16.4 Å². The highest BCUT2D eigenvalue weighted by Crippen LogP contribution is 2.19. The predicted octanol–water partition coefficient (Wildman–Crippen LogP) is 2.61. The molecule has 0 spiro atoms. The molecule has 0 unspecified atom stereocenters. The Bertz CT molecular complexity index is 552. The van der Waals surface area contributed by atoms with E-state index in [2.05, 4.69) is 4.72 Å². The quantitative estimate of drug-likeness (QED) is 0.870. The molecule has 0 aromatic heterocycles. The van der Waals surface area contributed by atoms with Crippen molar-refractivity contribution < 1.29 is 8.42 Å². The summed E-state index contributed by atoms with van der Waals surface area (Å²) < 4.78 is 27.3. The molecular formula is C14H20N2O2S. The smallest absolute Gasteiger partial charge is 0.207 e. The van der Waals surface area contributed by atoms with Crippen molar-refractivity contribution in [3.05, 3.63) is 29.8 Å². The van der Waals surface area contributed by atoms with Gasteiger partial charge in [0.25, 0.3) is 0 Å². The van der Waals surface area contributed by atoms with Gasteiger partial charge in [-0.25, -0.2) is 13.1 Å². The van der Waals surface area contributed by atoms with Crippen molar-refractivity contribution >= 4 is 10.0 Å². The van der Waals surface area contributed by atoms with Crippen LogP contribution in [0.5, 0.6) is 0 Å². The first-order valence-corrected chi connectivity index (χ1v) is 7.85. The molecule has 1 aromatic carbocycles. The van der Waals surface area contributed by atoms with Crippen LogP contribution in [0.1, 0.15) is 39.2 Å². The van der Waals surface area contributed by atoms with E-state index in [4.69, 9.17) is 5.26 Å². The standard InChI is InChI=1S/C14H20N2O2S/c1-4-14(3,5-2)16-19(17,18)13-8-6-12(7-9-13)10-11-15/h6-9,16H,4-5,10H2,1-3H3. The number of nitrogens with one attached hydrogen (secondary N) is 1. The average Bonchev–Trinajstić information content (AvgIpc) is 2.39. The van der Waals surface area contributed by atoms with Crippen LogP contribution in [-0.4, -0.2) is 14.0 Å². The summed E-state index contributed by atoms with van der Waals surface area (Å²) in [5.41, 5.74) is 0.389. The largest absolute Gasteiger partial charge is 0.241 e. The second-order valence-corrected chi connectivity index (χ2v) is 6.53. The lowest BCUT2D eigenvalue weighted by molar-refractivity contribution is 0.388. The highest BCUT2D eigenvalue weighted by atomic mass is 32.2. The Morgan fingerprint density at radius 1 is 1.21 bits per heavy atom. The molecule has 1 rings (SSSR count).